The van der Waals surface area contributed by atoms with Crippen LogP contribution in [-0.4, -0.2) is 38.2 Å². The molecule has 0 fully saturated rings. The number of ether oxygens (including phenoxy) is 3. The zero-order chi connectivity index (χ0) is 20.0. The fourth-order valence-electron chi connectivity index (χ4n) is 2.20. The lowest BCUT2D eigenvalue weighted by Gasteiger charge is -2.16. The topological polar surface area (TPSA) is 90.9 Å². The molecule has 0 bridgehead atoms. The van der Waals surface area contributed by atoms with Gasteiger partial charge >= 0.3 is 11.9 Å². The summed E-state index contributed by atoms with van der Waals surface area (Å²) in [6.07, 6.45) is -0.881. The van der Waals surface area contributed by atoms with Crippen molar-refractivity contribution in [3.8, 4) is 5.75 Å². The fraction of sp³-hybridized carbons (Fsp3) is 0.211. The van der Waals surface area contributed by atoms with E-state index in [1.165, 1.54) is 32.4 Å². The number of carbonyl (C=O) groups is 3. The lowest BCUT2D eigenvalue weighted by atomic mass is 10.1. The van der Waals surface area contributed by atoms with Gasteiger partial charge in [0.15, 0.2) is 6.10 Å². The Morgan fingerprint density at radius 2 is 1.52 bits per heavy atom. The smallest absolute Gasteiger partial charge is 0.337 e. The van der Waals surface area contributed by atoms with Crippen LogP contribution in [0.3, 0.4) is 0 Å². The van der Waals surface area contributed by atoms with E-state index in [0.717, 1.165) is 0 Å². The second-order valence-electron chi connectivity index (χ2n) is 5.46. The van der Waals surface area contributed by atoms with Crippen LogP contribution < -0.4 is 10.1 Å². The molecule has 0 spiro atoms. The van der Waals surface area contributed by atoms with Gasteiger partial charge in [-0.15, -0.1) is 0 Å². The summed E-state index contributed by atoms with van der Waals surface area (Å²) in [5.41, 5.74) is 0.406. The molecule has 0 radical (unpaired) electrons. The molecule has 0 saturated carbocycles. The minimum Gasteiger partial charge on any atom is -0.479 e. The van der Waals surface area contributed by atoms with E-state index in [1.54, 1.807) is 31.2 Å². The average molecular weight is 392 g/mol. The van der Waals surface area contributed by atoms with Crippen molar-refractivity contribution < 1.29 is 28.6 Å². The number of para-hydroxylation sites is 1. The number of methoxy groups -OCH3 is 2. The summed E-state index contributed by atoms with van der Waals surface area (Å²) in [5.74, 6) is -1.44. The van der Waals surface area contributed by atoms with Crippen molar-refractivity contribution in [3.05, 3.63) is 58.6 Å². The molecule has 2 aromatic rings. The number of benzene rings is 2. The Morgan fingerprint density at radius 3 is 2.04 bits per heavy atom. The number of nitrogens with one attached hydrogen (secondary N) is 1. The van der Waals surface area contributed by atoms with Crippen molar-refractivity contribution >= 4 is 35.1 Å². The second-order valence-corrected chi connectivity index (χ2v) is 5.87. The molecule has 2 aromatic carbocycles. The second kappa shape index (κ2) is 9.05. The van der Waals surface area contributed by atoms with Crippen LogP contribution in [0.15, 0.2) is 42.5 Å². The molecular weight excluding hydrogens is 374 g/mol. The standard InChI is InChI=1S/C19H18ClNO6/c1-11(27-16-7-5-4-6-15(16)20)17(22)21-14-9-12(18(23)25-2)8-13(10-14)19(24)26-3/h4-11H,1-3H3,(H,21,22). The van der Waals surface area contributed by atoms with Gasteiger partial charge in [-0.2, -0.15) is 0 Å². The van der Waals surface area contributed by atoms with Crippen molar-refractivity contribution in [2.45, 2.75) is 13.0 Å². The summed E-state index contributed by atoms with van der Waals surface area (Å²) in [6.45, 7) is 1.55. The minimum absolute atomic E-state index is 0.0929. The van der Waals surface area contributed by atoms with Gasteiger partial charge in [0.05, 0.1) is 30.4 Å². The highest BCUT2D eigenvalue weighted by Crippen LogP contribution is 2.24. The van der Waals surface area contributed by atoms with Crippen LogP contribution in [0.25, 0.3) is 0 Å². The molecule has 0 heterocycles. The summed E-state index contributed by atoms with van der Waals surface area (Å²) in [7, 11) is 2.43. The highest BCUT2D eigenvalue weighted by molar-refractivity contribution is 6.32. The van der Waals surface area contributed by atoms with E-state index in [0.29, 0.717) is 10.8 Å². The first-order valence-corrected chi connectivity index (χ1v) is 8.27. The monoisotopic (exact) mass is 391 g/mol. The quantitative estimate of drug-likeness (QED) is 0.759. The van der Waals surface area contributed by atoms with Gasteiger partial charge in [0.1, 0.15) is 5.75 Å². The molecule has 7 nitrogen and oxygen atoms in total. The maximum Gasteiger partial charge on any atom is 0.337 e. The number of hydrogen-bond acceptors (Lipinski definition) is 6. The Morgan fingerprint density at radius 1 is 0.963 bits per heavy atom. The van der Waals surface area contributed by atoms with Gasteiger partial charge in [-0.25, -0.2) is 9.59 Å². The Labute approximate surface area is 161 Å². The summed E-state index contributed by atoms with van der Waals surface area (Å²) in [4.78, 5) is 36.0. The molecule has 1 unspecified atom stereocenters. The predicted molar refractivity (Wildman–Crippen MR) is 99.3 cm³/mol. The maximum absolute atomic E-state index is 12.4. The summed E-state index contributed by atoms with van der Waals surface area (Å²) in [6, 6.07) is 10.8. The van der Waals surface area contributed by atoms with Crippen LogP contribution >= 0.6 is 11.6 Å². The molecule has 0 aliphatic heterocycles. The van der Waals surface area contributed by atoms with E-state index in [2.05, 4.69) is 14.8 Å². The van der Waals surface area contributed by atoms with Crippen molar-refractivity contribution in [2.75, 3.05) is 19.5 Å². The average Bonchev–Trinajstić information content (AvgIpc) is 2.67. The lowest BCUT2D eigenvalue weighted by molar-refractivity contribution is -0.122. The summed E-state index contributed by atoms with van der Waals surface area (Å²) >= 11 is 6.02. The third-order valence-electron chi connectivity index (χ3n) is 3.55. The van der Waals surface area contributed by atoms with E-state index in [-0.39, 0.29) is 16.8 Å². The van der Waals surface area contributed by atoms with Gasteiger partial charge in [0, 0.05) is 5.69 Å². The van der Waals surface area contributed by atoms with E-state index in [4.69, 9.17) is 16.3 Å². The molecule has 27 heavy (non-hydrogen) atoms. The Hall–Kier alpha value is -3.06. The zero-order valence-electron chi connectivity index (χ0n) is 14.9. The predicted octanol–water partition coefficient (Wildman–Crippen LogP) is 3.32. The van der Waals surface area contributed by atoms with Crippen molar-refractivity contribution in [3.63, 3.8) is 0 Å². The van der Waals surface area contributed by atoms with Crippen molar-refractivity contribution in [1.82, 2.24) is 0 Å². The van der Waals surface area contributed by atoms with Crippen molar-refractivity contribution in [2.24, 2.45) is 0 Å². The maximum atomic E-state index is 12.4. The number of anilines is 1. The van der Waals surface area contributed by atoms with Crippen LogP contribution in [-0.2, 0) is 14.3 Å². The van der Waals surface area contributed by atoms with Crippen LogP contribution in [0, 0.1) is 0 Å². The van der Waals surface area contributed by atoms with E-state index < -0.39 is 23.9 Å². The highest BCUT2D eigenvalue weighted by atomic mass is 35.5. The fourth-order valence-corrected chi connectivity index (χ4v) is 2.38. The van der Waals surface area contributed by atoms with Crippen LogP contribution in [0.5, 0.6) is 5.75 Å². The third-order valence-corrected chi connectivity index (χ3v) is 3.86. The SMILES string of the molecule is COC(=O)c1cc(NC(=O)C(C)Oc2ccccc2Cl)cc(C(=O)OC)c1. The van der Waals surface area contributed by atoms with Crippen LogP contribution in [0.4, 0.5) is 5.69 Å². The molecule has 0 aliphatic rings. The Bertz CT molecular complexity index is 833. The number of rotatable bonds is 6. The first-order chi connectivity index (χ1) is 12.8. The number of hydrogen-bond donors (Lipinski definition) is 1. The van der Waals surface area contributed by atoms with Crippen LogP contribution in [0.1, 0.15) is 27.6 Å². The molecule has 1 amide bonds. The van der Waals surface area contributed by atoms with Gasteiger partial charge in [0.25, 0.3) is 5.91 Å². The molecule has 142 valence electrons. The molecule has 0 saturated heterocycles. The van der Waals surface area contributed by atoms with Gasteiger partial charge in [-0.1, -0.05) is 23.7 Å². The lowest BCUT2D eigenvalue weighted by Crippen LogP contribution is -2.30. The summed E-state index contributed by atoms with van der Waals surface area (Å²) in [5, 5.41) is 2.97. The van der Waals surface area contributed by atoms with E-state index in [9.17, 15) is 14.4 Å². The normalized spacial score (nSPS) is 11.3. The molecule has 8 heteroatoms. The van der Waals surface area contributed by atoms with Crippen molar-refractivity contribution in [1.29, 1.82) is 0 Å². The van der Waals surface area contributed by atoms with Gasteiger partial charge in [0.2, 0.25) is 0 Å². The highest BCUT2D eigenvalue weighted by Gasteiger charge is 2.19. The molecule has 2 rings (SSSR count). The summed E-state index contributed by atoms with van der Waals surface area (Å²) < 4.78 is 14.9. The van der Waals surface area contributed by atoms with E-state index in [1.807, 2.05) is 0 Å². The molecular formula is C19H18ClNO6. The third kappa shape index (κ3) is 5.21. The number of halogens is 1. The molecule has 0 aromatic heterocycles. The minimum atomic E-state index is -0.881. The largest absolute Gasteiger partial charge is 0.479 e. The zero-order valence-corrected chi connectivity index (χ0v) is 15.7. The first-order valence-electron chi connectivity index (χ1n) is 7.89. The van der Waals surface area contributed by atoms with Gasteiger partial charge < -0.3 is 19.5 Å². The van der Waals surface area contributed by atoms with Crippen LogP contribution in [0.2, 0.25) is 5.02 Å². The Balaban J connectivity index is 2.21. The Kier molecular flexibility index (Phi) is 6.79. The number of carbonyl (C=O) groups excluding carboxylic acids is 3. The molecule has 1 N–H and O–H groups in total. The molecule has 0 aliphatic carbocycles. The van der Waals surface area contributed by atoms with Gasteiger partial charge in [-0.05, 0) is 37.3 Å². The molecule has 1 atom stereocenters. The van der Waals surface area contributed by atoms with E-state index >= 15 is 0 Å². The number of amides is 1. The van der Waals surface area contributed by atoms with Gasteiger partial charge in [-0.3, -0.25) is 4.79 Å². The first kappa shape index (κ1) is 20.3. The number of esters is 2.